The molecule has 0 radical (unpaired) electrons. The van der Waals surface area contributed by atoms with Crippen LogP contribution in [0.15, 0.2) is 58.3 Å². The zero-order chi connectivity index (χ0) is 21.7. The van der Waals surface area contributed by atoms with Gasteiger partial charge in [0.25, 0.3) is 0 Å². The Bertz CT molecular complexity index is 1020. The molecular formula is C20H22FN3O4S2. The fourth-order valence-electron chi connectivity index (χ4n) is 3.03. The largest absolute Gasteiger partial charge is 0.339 e. The number of carbonyl (C=O) groups is 2. The number of anilines is 1. The molecule has 1 fully saturated rings. The monoisotopic (exact) mass is 451 g/mol. The van der Waals surface area contributed by atoms with Crippen LogP contribution in [0.3, 0.4) is 0 Å². The molecule has 1 heterocycles. The molecule has 1 N–H and O–H groups in total. The summed E-state index contributed by atoms with van der Waals surface area (Å²) in [6, 6.07) is 12.1. The highest BCUT2D eigenvalue weighted by molar-refractivity contribution is 8.00. The first-order valence-electron chi connectivity index (χ1n) is 9.29. The molecule has 0 aliphatic carbocycles. The summed E-state index contributed by atoms with van der Waals surface area (Å²) in [5.41, 5.74) is 0.689. The summed E-state index contributed by atoms with van der Waals surface area (Å²) in [6.45, 7) is 2.34. The maximum absolute atomic E-state index is 13.4. The van der Waals surface area contributed by atoms with Crippen molar-refractivity contribution in [3.8, 4) is 0 Å². The Labute approximate surface area is 179 Å². The summed E-state index contributed by atoms with van der Waals surface area (Å²) < 4.78 is 39.9. The Hall–Kier alpha value is -2.43. The molecule has 2 aromatic rings. The van der Waals surface area contributed by atoms with Gasteiger partial charge in [-0.1, -0.05) is 6.07 Å². The molecule has 1 saturated heterocycles. The number of nitrogens with zero attached hydrogens (tertiary/aromatic N) is 2. The van der Waals surface area contributed by atoms with Crippen LogP contribution >= 0.6 is 11.8 Å². The minimum Gasteiger partial charge on any atom is -0.339 e. The smallest absolute Gasteiger partial charge is 0.243 e. The normalized spacial score (nSPS) is 15.1. The minimum atomic E-state index is -3.78. The molecule has 0 saturated carbocycles. The number of sulfonamides is 1. The average Bonchev–Trinajstić information content (AvgIpc) is 2.73. The van der Waals surface area contributed by atoms with Crippen LogP contribution in [-0.4, -0.2) is 61.4 Å². The molecule has 3 rings (SSSR count). The van der Waals surface area contributed by atoms with Gasteiger partial charge in [0.2, 0.25) is 21.8 Å². The van der Waals surface area contributed by atoms with E-state index in [1.807, 2.05) is 12.1 Å². The zero-order valence-corrected chi connectivity index (χ0v) is 18.0. The molecule has 0 spiro atoms. The van der Waals surface area contributed by atoms with Crippen LogP contribution < -0.4 is 5.32 Å². The van der Waals surface area contributed by atoms with E-state index in [-0.39, 0.29) is 48.6 Å². The van der Waals surface area contributed by atoms with Gasteiger partial charge in [0.05, 0.1) is 10.6 Å². The van der Waals surface area contributed by atoms with Crippen LogP contribution in [0.2, 0.25) is 0 Å². The number of rotatable bonds is 6. The van der Waals surface area contributed by atoms with Crippen molar-refractivity contribution < 1.29 is 22.4 Å². The molecule has 0 unspecified atom stereocenters. The van der Waals surface area contributed by atoms with Gasteiger partial charge >= 0.3 is 0 Å². The first-order valence-corrected chi connectivity index (χ1v) is 11.7. The topological polar surface area (TPSA) is 86.8 Å². The van der Waals surface area contributed by atoms with Gasteiger partial charge in [0, 0.05) is 43.7 Å². The Balaban J connectivity index is 1.51. The molecule has 160 valence electrons. The fourth-order valence-corrected chi connectivity index (χ4v) is 5.28. The first kappa shape index (κ1) is 22.3. The third kappa shape index (κ3) is 5.59. The summed E-state index contributed by atoms with van der Waals surface area (Å²) in [7, 11) is -3.78. The molecule has 0 atom stereocenters. The summed E-state index contributed by atoms with van der Waals surface area (Å²) in [4.78, 5) is 26.0. The van der Waals surface area contributed by atoms with E-state index in [9.17, 15) is 22.4 Å². The molecule has 0 bridgehead atoms. The van der Waals surface area contributed by atoms with Gasteiger partial charge in [0.1, 0.15) is 5.82 Å². The van der Waals surface area contributed by atoms with Crippen molar-refractivity contribution in [3.63, 3.8) is 0 Å². The lowest BCUT2D eigenvalue weighted by Crippen LogP contribution is -2.50. The van der Waals surface area contributed by atoms with E-state index in [2.05, 4.69) is 5.32 Å². The lowest BCUT2D eigenvalue weighted by atomic mass is 10.3. The number of piperazine rings is 1. The number of hydrogen-bond acceptors (Lipinski definition) is 5. The first-order chi connectivity index (χ1) is 14.3. The number of nitrogens with one attached hydrogen (secondary N) is 1. The number of carbonyl (C=O) groups excluding carboxylic acids is 2. The highest BCUT2D eigenvalue weighted by Crippen LogP contribution is 2.22. The molecule has 2 aromatic carbocycles. The highest BCUT2D eigenvalue weighted by atomic mass is 32.2. The van der Waals surface area contributed by atoms with Crippen LogP contribution in [0.4, 0.5) is 10.1 Å². The van der Waals surface area contributed by atoms with Crippen LogP contribution in [-0.2, 0) is 19.6 Å². The van der Waals surface area contributed by atoms with Gasteiger partial charge in [-0.05, 0) is 42.5 Å². The van der Waals surface area contributed by atoms with Gasteiger partial charge in [-0.15, -0.1) is 11.8 Å². The maximum Gasteiger partial charge on any atom is 0.243 e. The van der Waals surface area contributed by atoms with Gasteiger partial charge in [0.15, 0.2) is 0 Å². The van der Waals surface area contributed by atoms with Crippen molar-refractivity contribution in [3.05, 3.63) is 54.3 Å². The molecule has 0 aromatic heterocycles. The van der Waals surface area contributed by atoms with E-state index in [0.717, 1.165) is 11.0 Å². The van der Waals surface area contributed by atoms with Gasteiger partial charge < -0.3 is 10.2 Å². The summed E-state index contributed by atoms with van der Waals surface area (Å²) in [5, 5.41) is 2.68. The van der Waals surface area contributed by atoms with Crippen molar-refractivity contribution in [1.29, 1.82) is 0 Å². The Morgan fingerprint density at radius 3 is 2.33 bits per heavy atom. The van der Waals surface area contributed by atoms with E-state index in [1.165, 1.54) is 41.2 Å². The SMILES string of the molecule is CC(=O)Nc1ccc(SCC(=O)N2CCN(S(=O)(=O)c3cccc(F)c3)CC2)cc1. The van der Waals surface area contributed by atoms with Crippen molar-refractivity contribution in [2.75, 3.05) is 37.2 Å². The molecule has 1 aliphatic rings. The number of amides is 2. The van der Waals surface area contributed by atoms with Crippen molar-refractivity contribution in [1.82, 2.24) is 9.21 Å². The number of benzene rings is 2. The van der Waals surface area contributed by atoms with Crippen LogP contribution in [0.25, 0.3) is 0 Å². The van der Waals surface area contributed by atoms with Gasteiger partial charge in [-0.25, -0.2) is 12.8 Å². The third-order valence-electron chi connectivity index (χ3n) is 4.56. The number of halogens is 1. The Morgan fingerprint density at radius 1 is 1.07 bits per heavy atom. The quantitative estimate of drug-likeness (QED) is 0.682. The van der Waals surface area contributed by atoms with E-state index >= 15 is 0 Å². The molecule has 1 aliphatic heterocycles. The summed E-state index contributed by atoms with van der Waals surface area (Å²) in [6.07, 6.45) is 0. The van der Waals surface area contributed by atoms with Crippen LogP contribution in [0.1, 0.15) is 6.92 Å². The van der Waals surface area contributed by atoms with E-state index in [4.69, 9.17) is 0 Å². The predicted molar refractivity (Wildman–Crippen MR) is 113 cm³/mol. The third-order valence-corrected chi connectivity index (χ3v) is 7.45. The standard InChI is InChI=1S/C20H22FN3O4S2/c1-15(25)22-17-5-7-18(8-6-17)29-14-20(26)23-9-11-24(12-10-23)30(27,28)19-4-2-3-16(21)13-19/h2-8,13H,9-12,14H2,1H3,(H,22,25). The molecule has 10 heteroatoms. The molecule has 7 nitrogen and oxygen atoms in total. The van der Waals surface area contributed by atoms with Crippen molar-refractivity contribution >= 4 is 39.3 Å². The highest BCUT2D eigenvalue weighted by Gasteiger charge is 2.30. The number of hydrogen-bond donors (Lipinski definition) is 1. The Morgan fingerprint density at radius 2 is 1.73 bits per heavy atom. The van der Waals surface area contributed by atoms with Crippen molar-refractivity contribution in [2.45, 2.75) is 16.7 Å². The predicted octanol–water partition coefficient (Wildman–Crippen LogP) is 2.41. The van der Waals surface area contributed by atoms with Gasteiger partial charge in [-0.3, -0.25) is 9.59 Å². The van der Waals surface area contributed by atoms with Crippen LogP contribution in [0.5, 0.6) is 0 Å². The minimum absolute atomic E-state index is 0.0752. The Kier molecular flexibility index (Phi) is 7.11. The number of thioether (sulfide) groups is 1. The molecular weight excluding hydrogens is 429 g/mol. The second-order valence-electron chi connectivity index (χ2n) is 6.74. The van der Waals surface area contributed by atoms with E-state index < -0.39 is 15.8 Å². The van der Waals surface area contributed by atoms with Crippen LogP contribution in [0, 0.1) is 5.82 Å². The zero-order valence-electron chi connectivity index (χ0n) is 16.4. The maximum atomic E-state index is 13.4. The molecule has 30 heavy (non-hydrogen) atoms. The summed E-state index contributed by atoms with van der Waals surface area (Å²) in [5.74, 6) is -0.597. The average molecular weight is 452 g/mol. The second-order valence-corrected chi connectivity index (χ2v) is 9.72. The van der Waals surface area contributed by atoms with Gasteiger partial charge in [-0.2, -0.15) is 4.31 Å². The van der Waals surface area contributed by atoms with Crippen molar-refractivity contribution in [2.24, 2.45) is 0 Å². The second kappa shape index (κ2) is 9.59. The summed E-state index contributed by atoms with van der Waals surface area (Å²) >= 11 is 1.38. The lowest BCUT2D eigenvalue weighted by molar-refractivity contribution is -0.129. The van der Waals surface area contributed by atoms with E-state index in [1.54, 1.807) is 17.0 Å². The molecule has 2 amide bonds. The lowest BCUT2D eigenvalue weighted by Gasteiger charge is -2.34. The van der Waals surface area contributed by atoms with E-state index in [0.29, 0.717) is 5.69 Å². The fraction of sp³-hybridized carbons (Fsp3) is 0.300.